The summed E-state index contributed by atoms with van der Waals surface area (Å²) in [5, 5.41) is 4.43. The quantitative estimate of drug-likeness (QED) is 0.815. The monoisotopic (exact) mass is 305 g/mol. The Kier molecular flexibility index (Phi) is 4.04. The van der Waals surface area contributed by atoms with Gasteiger partial charge < -0.3 is 9.64 Å². The Balaban J connectivity index is 1.83. The van der Waals surface area contributed by atoms with E-state index in [1.54, 1.807) is 17.9 Å². The third kappa shape index (κ3) is 2.79. The van der Waals surface area contributed by atoms with Gasteiger partial charge in [0.25, 0.3) is 5.56 Å². The Morgan fingerprint density at radius 1 is 1.32 bits per heavy atom. The molecular weight excluding hydrogens is 282 g/mol. The molecule has 0 aromatic carbocycles. The van der Waals surface area contributed by atoms with Crippen LogP contribution in [0.5, 0.6) is 0 Å². The van der Waals surface area contributed by atoms with E-state index in [0.717, 1.165) is 30.5 Å². The summed E-state index contributed by atoms with van der Waals surface area (Å²) in [6.45, 7) is 6.80. The lowest BCUT2D eigenvalue weighted by Crippen LogP contribution is -2.51. The van der Waals surface area contributed by atoms with Crippen LogP contribution in [0.1, 0.15) is 44.5 Å². The van der Waals surface area contributed by atoms with Gasteiger partial charge in [-0.25, -0.2) is 4.68 Å². The van der Waals surface area contributed by atoms with Crippen LogP contribution in [-0.4, -0.2) is 45.9 Å². The fraction of sp³-hybridized carbons (Fsp3) is 0.688. The molecule has 3 unspecified atom stereocenters. The first-order valence-corrected chi connectivity index (χ1v) is 8.01. The summed E-state index contributed by atoms with van der Waals surface area (Å²) in [4.78, 5) is 26.7. The predicted octanol–water partition coefficient (Wildman–Crippen LogP) is 0.929. The average molecular weight is 305 g/mol. The summed E-state index contributed by atoms with van der Waals surface area (Å²) >= 11 is 0. The van der Waals surface area contributed by atoms with Crippen molar-refractivity contribution in [1.29, 1.82) is 0 Å². The predicted molar refractivity (Wildman–Crippen MR) is 81.8 cm³/mol. The van der Waals surface area contributed by atoms with Crippen molar-refractivity contribution < 1.29 is 9.53 Å². The molecule has 6 nitrogen and oxygen atoms in total. The molecule has 1 aromatic heterocycles. The molecule has 1 fully saturated rings. The second-order valence-electron chi connectivity index (χ2n) is 6.43. The lowest BCUT2D eigenvalue weighted by Gasteiger charge is -2.36. The number of ether oxygens (including phenoxy) is 1. The lowest BCUT2D eigenvalue weighted by molar-refractivity contribution is -0.146. The van der Waals surface area contributed by atoms with Crippen molar-refractivity contribution in [2.45, 2.75) is 58.3 Å². The number of hydrogen-bond acceptors (Lipinski definition) is 4. The first-order chi connectivity index (χ1) is 10.5. The van der Waals surface area contributed by atoms with E-state index in [4.69, 9.17) is 4.74 Å². The van der Waals surface area contributed by atoms with Gasteiger partial charge in [0.2, 0.25) is 5.91 Å². The molecule has 1 aliphatic heterocycles. The van der Waals surface area contributed by atoms with Crippen molar-refractivity contribution in [2.75, 3.05) is 13.1 Å². The van der Waals surface area contributed by atoms with E-state index in [1.807, 2.05) is 13.8 Å². The molecule has 1 saturated heterocycles. The van der Waals surface area contributed by atoms with Gasteiger partial charge in [-0.05, 0) is 45.6 Å². The van der Waals surface area contributed by atoms with E-state index in [2.05, 4.69) is 5.10 Å². The first kappa shape index (κ1) is 15.2. The molecule has 0 N–H and O–H groups in total. The molecule has 0 radical (unpaired) electrons. The lowest BCUT2D eigenvalue weighted by atomic mass is 10.2. The van der Waals surface area contributed by atoms with E-state index < -0.39 is 6.04 Å². The molecule has 6 heteroatoms. The van der Waals surface area contributed by atoms with Crippen molar-refractivity contribution >= 4 is 5.91 Å². The number of morpholine rings is 1. The Bertz CT molecular complexity index is 630. The van der Waals surface area contributed by atoms with Crippen LogP contribution < -0.4 is 5.56 Å². The van der Waals surface area contributed by atoms with Gasteiger partial charge in [-0.15, -0.1) is 0 Å². The number of aromatic nitrogens is 2. The van der Waals surface area contributed by atoms with Crippen LogP contribution in [0.15, 0.2) is 10.9 Å². The molecule has 0 spiro atoms. The Morgan fingerprint density at radius 2 is 2.00 bits per heavy atom. The molecule has 1 aliphatic carbocycles. The molecule has 2 heterocycles. The molecule has 0 bridgehead atoms. The molecule has 2 aliphatic rings. The maximum absolute atomic E-state index is 12.7. The molecular formula is C16H23N3O3. The topological polar surface area (TPSA) is 64.4 Å². The van der Waals surface area contributed by atoms with Gasteiger partial charge in [-0.1, -0.05) is 0 Å². The zero-order valence-electron chi connectivity index (χ0n) is 13.4. The van der Waals surface area contributed by atoms with Crippen LogP contribution in [0.25, 0.3) is 0 Å². The normalized spacial score (nSPS) is 25.9. The van der Waals surface area contributed by atoms with E-state index in [9.17, 15) is 9.59 Å². The van der Waals surface area contributed by atoms with Gasteiger partial charge in [0, 0.05) is 19.2 Å². The number of carbonyl (C=O) groups is 1. The van der Waals surface area contributed by atoms with Gasteiger partial charge in [0.15, 0.2) is 0 Å². The number of rotatable bonds is 2. The van der Waals surface area contributed by atoms with E-state index in [-0.39, 0.29) is 23.7 Å². The summed E-state index contributed by atoms with van der Waals surface area (Å²) < 4.78 is 7.00. The fourth-order valence-electron chi connectivity index (χ4n) is 3.42. The van der Waals surface area contributed by atoms with Crippen molar-refractivity contribution in [3.05, 3.63) is 27.7 Å². The van der Waals surface area contributed by atoms with Crippen LogP contribution in [0, 0.1) is 0 Å². The van der Waals surface area contributed by atoms with E-state index >= 15 is 0 Å². The smallest absolute Gasteiger partial charge is 0.267 e. The average Bonchev–Trinajstić information content (AvgIpc) is 2.90. The Hall–Kier alpha value is -1.69. The minimum absolute atomic E-state index is 0.0181. The van der Waals surface area contributed by atoms with Crippen molar-refractivity contribution in [3.8, 4) is 0 Å². The van der Waals surface area contributed by atoms with Gasteiger partial charge in [-0.3, -0.25) is 9.59 Å². The molecule has 1 aromatic rings. The van der Waals surface area contributed by atoms with Gasteiger partial charge in [0.1, 0.15) is 6.04 Å². The van der Waals surface area contributed by atoms with Crippen LogP contribution in [0.3, 0.4) is 0 Å². The number of carbonyl (C=O) groups excluding carboxylic acids is 1. The molecule has 0 saturated carbocycles. The standard InChI is InChI=1S/C16H23N3O3/c1-10-8-18(9-11(2)22-10)16(21)12(3)19-15(20)7-13-5-4-6-14(13)17-19/h7,10-12H,4-6,8-9H2,1-3H3. The SMILES string of the molecule is CC1CN(C(=O)C(C)n2nc3c(cc2=O)CCC3)CC(C)O1. The highest BCUT2D eigenvalue weighted by Crippen LogP contribution is 2.19. The molecule has 22 heavy (non-hydrogen) atoms. The zero-order chi connectivity index (χ0) is 15.9. The Morgan fingerprint density at radius 3 is 2.68 bits per heavy atom. The zero-order valence-corrected chi connectivity index (χ0v) is 13.4. The molecule has 120 valence electrons. The number of aryl methyl sites for hydroxylation is 2. The maximum Gasteiger partial charge on any atom is 0.267 e. The number of hydrogen-bond donors (Lipinski definition) is 0. The summed E-state index contributed by atoms with van der Waals surface area (Å²) in [5.41, 5.74) is 1.81. The minimum atomic E-state index is -0.573. The highest BCUT2D eigenvalue weighted by molar-refractivity contribution is 5.80. The van der Waals surface area contributed by atoms with Crippen LogP contribution in [0.2, 0.25) is 0 Å². The number of amides is 1. The molecule has 3 rings (SSSR count). The second kappa shape index (κ2) is 5.83. The maximum atomic E-state index is 12.7. The van der Waals surface area contributed by atoms with Crippen LogP contribution in [0.4, 0.5) is 0 Å². The minimum Gasteiger partial charge on any atom is -0.372 e. The highest BCUT2D eigenvalue weighted by Gasteiger charge is 2.30. The summed E-state index contributed by atoms with van der Waals surface area (Å²) in [7, 11) is 0. The first-order valence-electron chi connectivity index (χ1n) is 8.01. The second-order valence-corrected chi connectivity index (χ2v) is 6.43. The van der Waals surface area contributed by atoms with Crippen LogP contribution >= 0.6 is 0 Å². The largest absolute Gasteiger partial charge is 0.372 e. The van der Waals surface area contributed by atoms with Gasteiger partial charge >= 0.3 is 0 Å². The van der Waals surface area contributed by atoms with Crippen molar-refractivity contribution in [2.24, 2.45) is 0 Å². The summed E-state index contributed by atoms with van der Waals surface area (Å²) in [6.07, 6.45) is 2.88. The van der Waals surface area contributed by atoms with E-state index in [1.165, 1.54) is 4.68 Å². The van der Waals surface area contributed by atoms with E-state index in [0.29, 0.717) is 13.1 Å². The molecule has 1 amide bonds. The third-order valence-electron chi connectivity index (χ3n) is 4.44. The highest BCUT2D eigenvalue weighted by atomic mass is 16.5. The summed E-state index contributed by atoms with van der Waals surface area (Å²) in [5.74, 6) is -0.0606. The van der Waals surface area contributed by atoms with Crippen molar-refractivity contribution in [3.63, 3.8) is 0 Å². The third-order valence-corrected chi connectivity index (χ3v) is 4.44. The fourth-order valence-corrected chi connectivity index (χ4v) is 3.42. The number of nitrogens with zero attached hydrogens (tertiary/aromatic N) is 3. The Labute approximate surface area is 130 Å². The van der Waals surface area contributed by atoms with Gasteiger partial charge in [-0.2, -0.15) is 5.10 Å². The summed E-state index contributed by atoms with van der Waals surface area (Å²) in [6, 6.07) is 1.07. The van der Waals surface area contributed by atoms with Crippen molar-refractivity contribution in [1.82, 2.24) is 14.7 Å². The molecule has 3 atom stereocenters. The van der Waals surface area contributed by atoms with Crippen LogP contribution in [-0.2, 0) is 22.4 Å². The van der Waals surface area contributed by atoms with Gasteiger partial charge in [0.05, 0.1) is 17.9 Å². The number of fused-ring (bicyclic) bond motifs is 1.